The van der Waals surface area contributed by atoms with E-state index in [4.69, 9.17) is 5.26 Å². The second-order valence-corrected chi connectivity index (χ2v) is 5.10. The number of rotatable bonds is 5. The highest BCUT2D eigenvalue weighted by Gasteiger charge is 2.20. The van der Waals surface area contributed by atoms with E-state index >= 15 is 0 Å². The summed E-state index contributed by atoms with van der Waals surface area (Å²) in [5, 5.41) is 12.1. The lowest BCUT2D eigenvalue weighted by atomic mass is 10.1. The molecule has 3 heteroatoms. The Morgan fingerprint density at radius 3 is 2.69 bits per heavy atom. The van der Waals surface area contributed by atoms with Crippen molar-refractivity contribution < 1.29 is 0 Å². The predicted molar refractivity (Wildman–Crippen MR) is 70.4 cm³/mol. The number of nitriles is 1. The zero-order chi connectivity index (χ0) is 12.0. The van der Waals surface area contributed by atoms with E-state index in [1.54, 1.807) is 11.8 Å². The van der Waals surface area contributed by atoms with Crippen LogP contribution in [0.2, 0.25) is 0 Å². The number of benzene rings is 1. The maximum Gasteiger partial charge on any atom is 0.112 e. The van der Waals surface area contributed by atoms with Crippen LogP contribution in [0.1, 0.15) is 18.1 Å². The van der Waals surface area contributed by atoms with Gasteiger partial charge in [0.1, 0.15) is 5.54 Å². The van der Waals surface area contributed by atoms with Gasteiger partial charge < -0.3 is 5.32 Å². The minimum absolute atomic E-state index is 0.423. The van der Waals surface area contributed by atoms with Crippen LogP contribution in [0.15, 0.2) is 24.3 Å². The van der Waals surface area contributed by atoms with Crippen LogP contribution in [0.25, 0.3) is 0 Å². The SMILES string of the molecule is CNC(C)(C#N)CSCc1ccccc1C. The lowest BCUT2D eigenvalue weighted by Crippen LogP contribution is -2.40. The van der Waals surface area contributed by atoms with Gasteiger partial charge in [0.15, 0.2) is 0 Å². The molecular weight excluding hydrogens is 216 g/mol. The molecule has 0 aliphatic carbocycles. The van der Waals surface area contributed by atoms with Crippen LogP contribution in [0.4, 0.5) is 0 Å². The lowest BCUT2D eigenvalue weighted by molar-refractivity contribution is 0.550. The number of nitrogens with one attached hydrogen (secondary N) is 1. The highest BCUT2D eigenvalue weighted by molar-refractivity contribution is 7.98. The van der Waals surface area contributed by atoms with Gasteiger partial charge in [0.2, 0.25) is 0 Å². The van der Waals surface area contributed by atoms with Crippen molar-refractivity contribution in [2.24, 2.45) is 0 Å². The highest BCUT2D eigenvalue weighted by Crippen LogP contribution is 2.19. The van der Waals surface area contributed by atoms with Crippen molar-refractivity contribution in [1.82, 2.24) is 5.32 Å². The molecular formula is C13H18N2S. The molecule has 1 aromatic carbocycles. The van der Waals surface area contributed by atoms with Gasteiger partial charge in [0, 0.05) is 11.5 Å². The van der Waals surface area contributed by atoms with Crippen molar-refractivity contribution in [2.75, 3.05) is 12.8 Å². The van der Waals surface area contributed by atoms with Gasteiger partial charge >= 0.3 is 0 Å². The molecule has 1 unspecified atom stereocenters. The largest absolute Gasteiger partial charge is 0.302 e. The van der Waals surface area contributed by atoms with Gasteiger partial charge in [-0.05, 0) is 32.0 Å². The Labute approximate surface area is 102 Å². The van der Waals surface area contributed by atoms with Gasteiger partial charge in [-0.25, -0.2) is 0 Å². The predicted octanol–water partition coefficient (Wildman–Crippen LogP) is 2.73. The fourth-order valence-corrected chi connectivity index (χ4v) is 2.56. The molecule has 0 amide bonds. The molecule has 1 atom stereocenters. The van der Waals surface area contributed by atoms with Crippen molar-refractivity contribution in [3.8, 4) is 6.07 Å². The van der Waals surface area contributed by atoms with Crippen molar-refractivity contribution in [3.05, 3.63) is 35.4 Å². The zero-order valence-corrected chi connectivity index (χ0v) is 10.9. The fraction of sp³-hybridized carbons (Fsp3) is 0.462. The summed E-state index contributed by atoms with van der Waals surface area (Å²) in [6, 6.07) is 10.7. The standard InChI is InChI=1S/C13H18N2S/c1-11-6-4-5-7-12(11)8-16-10-13(2,9-14)15-3/h4-7,15H,8,10H2,1-3H3. The lowest BCUT2D eigenvalue weighted by Gasteiger charge is -2.20. The summed E-state index contributed by atoms with van der Waals surface area (Å²) in [6.45, 7) is 4.05. The van der Waals surface area contributed by atoms with Crippen LogP contribution in [-0.4, -0.2) is 18.3 Å². The number of hydrogen-bond donors (Lipinski definition) is 1. The van der Waals surface area contributed by atoms with Gasteiger partial charge in [-0.2, -0.15) is 17.0 Å². The molecule has 0 bridgehead atoms. The molecule has 0 radical (unpaired) electrons. The van der Waals surface area contributed by atoms with Crippen LogP contribution < -0.4 is 5.32 Å². The second-order valence-electron chi connectivity index (χ2n) is 4.11. The molecule has 0 saturated heterocycles. The maximum atomic E-state index is 9.01. The summed E-state index contributed by atoms with van der Waals surface area (Å²) in [7, 11) is 1.83. The van der Waals surface area contributed by atoms with E-state index in [0.29, 0.717) is 0 Å². The molecule has 0 spiro atoms. The number of hydrogen-bond acceptors (Lipinski definition) is 3. The Hall–Kier alpha value is -0.980. The molecule has 1 rings (SSSR count). The van der Waals surface area contributed by atoms with Crippen molar-refractivity contribution >= 4 is 11.8 Å². The van der Waals surface area contributed by atoms with Crippen molar-refractivity contribution in [2.45, 2.75) is 25.1 Å². The molecule has 1 N–H and O–H groups in total. The molecule has 0 aliphatic heterocycles. The Morgan fingerprint density at radius 1 is 1.44 bits per heavy atom. The highest BCUT2D eigenvalue weighted by atomic mass is 32.2. The minimum atomic E-state index is -0.423. The minimum Gasteiger partial charge on any atom is -0.302 e. The Balaban J connectivity index is 2.48. The monoisotopic (exact) mass is 234 g/mol. The van der Waals surface area contributed by atoms with Gasteiger partial charge in [-0.1, -0.05) is 24.3 Å². The van der Waals surface area contributed by atoms with E-state index in [9.17, 15) is 0 Å². The van der Waals surface area contributed by atoms with Crippen LogP contribution in [0, 0.1) is 18.3 Å². The average Bonchev–Trinajstić information content (AvgIpc) is 2.31. The third-order valence-corrected chi connectivity index (χ3v) is 4.00. The summed E-state index contributed by atoms with van der Waals surface area (Å²) in [6.07, 6.45) is 0. The smallest absolute Gasteiger partial charge is 0.112 e. The summed E-state index contributed by atoms with van der Waals surface area (Å²) < 4.78 is 0. The first-order valence-corrected chi connectivity index (χ1v) is 6.49. The average molecular weight is 234 g/mol. The zero-order valence-electron chi connectivity index (χ0n) is 10.1. The Morgan fingerprint density at radius 2 is 2.12 bits per heavy atom. The quantitative estimate of drug-likeness (QED) is 0.851. The van der Waals surface area contributed by atoms with Crippen LogP contribution >= 0.6 is 11.8 Å². The molecule has 0 heterocycles. The van der Waals surface area contributed by atoms with Gasteiger partial charge in [0.25, 0.3) is 0 Å². The van der Waals surface area contributed by atoms with Crippen molar-refractivity contribution in [1.29, 1.82) is 5.26 Å². The van der Waals surface area contributed by atoms with E-state index < -0.39 is 5.54 Å². The first-order chi connectivity index (χ1) is 7.61. The Kier molecular flexibility index (Phi) is 4.85. The van der Waals surface area contributed by atoms with Gasteiger partial charge in [-0.3, -0.25) is 0 Å². The van der Waals surface area contributed by atoms with Crippen molar-refractivity contribution in [3.63, 3.8) is 0 Å². The van der Waals surface area contributed by atoms with Crippen LogP contribution in [-0.2, 0) is 5.75 Å². The summed E-state index contributed by atoms with van der Waals surface area (Å²) >= 11 is 1.79. The van der Waals surface area contributed by atoms with Crippen LogP contribution in [0.3, 0.4) is 0 Å². The second kappa shape index (κ2) is 5.93. The van der Waals surface area contributed by atoms with Crippen LogP contribution in [0.5, 0.6) is 0 Å². The van der Waals surface area contributed by atoms with Gasteiger partial charge in [0.05, 0.1) is 6.07 Å². The normalized spacial score (nSPS) is 14.1. The first-order valence-electron chi connectivity index (χ1n) is 5.34. The molecule has 0 aliphatic rings. The number of aryl methyl sites for hydroxylation is 1. The first kappa shape index (κ1) is 13.1. The molecule has 0 aromatic heterocycles. The molecule has 16 heavy (non-hydrogen) atoms. The summed E-state index contributed by atoms with van der Waals surface area (Å²) in [5.41, 5.74) is 2.25. The van der Waals surface area contributed by atoms with E-state index in [0.717, 1.165) is 11.5 Å². The maximum absolute atomic E-state index is 9.01. The Bertz CT molecular complexity index is 384. The molecule has 2 nitrogen and oxygen atoms in total. The number of thioether (sulfide) groups is 1. The summed E-state index contributed by atoms with van der Waals surface area (Å²) in [4.78, 5) is 0. The fourth-order valence-electron chi connectivity index (χ4n) is 1.30. The molecule has 0 fully saturated rings. The number of nitrogens with zero attached hydrogens (tertiary/aromatic N) is 1. The summed E-state index contributed by atoms with van der Waals surface area (Å²) in [5.74, 6) is 1.76. The third kappa shape index (κ3) is 3.55. The molecule has 1 aromatic rings. The molecule has 86 valence electrons. The topological polar surface area (TPSA) is 35.8 Å². The third-order valence-electron chi connectivity index (χ3n) is 2.71. The van der Waals surface area contributed by atoms with Gasteiger partial charge in [-0.15, -0.1) is 0 Å². The van der Waals surface area contributed by atoms with E-state index in [1.165, 1.54) is 11.1 Å². The van der Waals surface area contributed by atoms with E-state index in [2.05, 4.69) is 42.6 Å². The van der Waals surface area contributed by atoms with E-state index in [1.807, 2.05) is 14.0 Å². The molecule has 0 saturated carbocycles. The van der Waals surface area contributed by atoms with E-state index in [-0.39, 0.29) is 0 Å².